The van der Waals surface area contributed by atoms with Crippen LogP contribution in [-0.4, -0.2) is 14.1 Å². The second kappa shape index (κ2) is 8.74. The van der Waals surface area contributed by atoms with Gasteiger partial charge in [-0.2, -0.15) is 0 Å². The smallest absolute Gasteiger partial charge is 0.261 e. The number of hydrogen-bond donors (Lipinski definition) is 0. The Hall–Kier alpha value is -3.19. The van der Waals surface area contributed by atoms with E-state index in [1.807, 2.05) is 61.7 Å². The van der Waals surface area contributed by atoms with Crippen molar-refractivity contribution in [3.05, 3.63) is 110 Å². The van der Waals surface area contributed by atoms with Gasteiger partial charge in [-0.3, -0.25) is 9.36 Å². The Morgan fingerprint density at radius 1 is 0.938 bits per heavy atom. The molecule has 158 valence electrons. The maximum absolute atomic E-state index is 13.4. The normalized spacial score (nSPS) is 11.7. The Morgan fingerprint density at radius 2 is 1.72 bits per heavy atom. The predicted octanol–water partition coefficient (Wildman–Crippen LogP) is 5.91. The van der Waals surface area contributed by atoms with Crippen LogP contribution in [0.25, 0.3) is 34.0 Å². The molecule has 0 unspecified atom stereocenters. The van der Waals surface area contributed by atoms with Crippen molar-refractivity contribution in [1.82, 2.24) is 14.1 Å². The van der Waals surface area contributed by atoms with E-state index in [0.29, 0.717) is 17.8 Å². The number of benzene rings is 3. The molecule has 0 aliphatic carbocycles. The van der Waals surface area contributed by atoms with Crippen LogP contribution in [0.5, 0.6) is 0 Å². The average molecular weight is 531 g/mol. The molecule has 0 amide bonds. The zero-order valence-electron chi connectivity index (χ0n) is 17.7. The third kappa shape index (κ3) is 4.00. The minimum Gasteiger partial charge on any atom is -0.350 e. The van der Waals surface area contributed by atoms with Crippen molar-refractivity contribution in [2.75, 3.05) is 0 Å². The van der Waals surface area contributed by atoms with Gasteiger partial charge >= 0.3 is 0 Å². The van der Waals surface area contributed by atoms with E-state index in [9.17, 15) is 4.79 Å². The molecule has 5 aromatic rings. The molecule has 0 saturated carbocycles. The molecule has 0 N–H and O–H groups in total. The highest BCUT2D eigenvalue weighted by molar-refractivity contribution is 14.1. The number of aryl methyl sites for hydroxylation is 2. The molecule has 0 aliphatic rings. The monoisotopic (exact) mass is 531 g/mol. The highest BCUT2D eigenvalue weighted by atomic mass is 127. The van der Waals surface area contributed by atoms with Crippen LogP contribution in [0.2, 0.25) is 0 Å². The quantitative estimate of drug-likeness (QED) is 0.265. The highest BCUT2D eigenvalue weighted by Crippen LogP contribution is 2.22. The van der Waals surface area contributed by atoms with E-state index in [1.165, 1.54) is 16.5 Å². The van der Waals surface area contributed by atoms with Crippen LogP contribution in [0.3, 0.4) is 0 Å². The summed E-state index contributed by atoms with van der Waals surface area (Å²) < 4.78 is 4.95. The zero-order chi connectivity index (χ0) is 22.1. The highest BCUT2D eigenvalue weighted by Gasteiger charge is 2.11. The molecule has 0 spiro atoms. The van der Waals surface area contributed by atoms with Crippen LogP contribution in [0.1, 0.15) is 17.0 Å². The first-order valence-electron chi connectivity index (χ1n) is 10.6. The lowest BCUT2D eigenvalue weighted by molar-refractivity contribution is 0.655. The van der Waals surface area contributed by atoms with Gasteiger partial charge in [-0.05, 0) is 71.0 Å². The fourth-order valence-corrected chi connectivity index (χ4v) is 4.60. The predicted molar refractivity (Wildman–Crippen MR) is 141 cm³/mol. The molecule has 0 fully saturated rings. The molecule has 5 rings (SSSR count). The van der Waals surface area contributed by atoms with Crippen molar-refractivity contribution in [3.8, 4) is 0 Å². The number of fused-ring (bicyclic) bond motifs is 2. The van der Waals surface area contributed by atoms with E-state index < -0.39 is 0 Å². The van der Waals surface area contributed by atoms with Gasteiger partial charge in [-0.25, -0.2) is 4.98 Å². The molecule has 2 heterocycles. The zero-order valence-corrected chi connectivity index (χ0v) is 19.9. The first kappa shape index (κ1) is 20.7. The van der Waals surface area contributed by atoms with Crippen molar-refractivity contribution >= 4 is 56.5 Å². The van der Waals surface area contributed by atoms with Crippen molar-refractivity contribution in [2.24, 2.45) is 7.05 Å². The molecular weight excluding hydrogens is 509 g/mol. The summed E-state index contributed by atoms with van der Waals surface area (Å²) in [7, 11) is 2.05. The Morgan fingerprint density at radius 3 is 2.56 bits per heavy atom. The number of nitrogens with zero attached hydrogens (tertiary/aromatic N) is 3. The third-order valence-electron chi connectivity index (χ3n) is 5.75. The number of halogens is 1. The van der Waals surface area contributed by atoms with Crippen LogP contribution < -0.4 is 5.56 Å². The van der Waals surface area contributed by atoms with Gasteiger partial charge in [0.1, 0.15) is 5.82 Å². The second-order valence-corrected chi connectivity index (χ2v) is 9.12. The Balaban J connectivity index is 1.60. The summed E-state index contributed by atoms with van der Waals surface area (Å²) >= 11 is 2.24. The molecular formula is C27H22IN3O. The van der Waals surface area contributed by atoms with Crippen LogP contribution in [-0.2, 0) is 20.0 Å². The summed E-state index contributed by atoms with van der Waals surface area (Å²) in [4.78, 5) is 18.3. The van der Waals surface area contributed by atoms with Crippen LogP contribution in [0, 0.1) is 3.57 Å². The van der Waals surface area contributed by atoms with Gasteiger partial charge in [-0.1, -0.05) is 48.5 Å². The fraction of sp³-hybridized carbons (Fsp3) is 0.111. The molecule has 0 radical (unpaired) electrons. The molecule has 5 heteroatoms. The number of hydrogen-bond acceptors (Lipinski definition) is 2. The van der Waals surface area contributed by atoms with E-state index in [-0.39, 0.29) is 5.56 Å². The second-order valence-electron chi connectivity index (χ2n) is 7.87. The largest absolute Gasteiger partial charge is 0.350 e. The van der Waals surface area contributed by atoms with Gasteiger partial charge in [0.2, 0.25) is 0 Å². The van der Waals surface area contributed by atoms with Gasteiger partial charge in [0.05, 0.1) is 10.9 Å². The number of para-hydroxylation sites is 1. The number of aromatic nitrogens is 3. The Bertz CT molecular complexity index is 1510. The van der Waals surface area contributed by atoms with Gasteiger partial charge in [0, 0.05) is 39.8 Å². The first-order chi connectivity index (χ1) is 15.6. The molecule has 32 heavy (non-hydrogen) atoms. The van der Waals surface area contributed by atoms with Crippen LogP contribution in [0.4, 0.5) is 0 Å². The van der Waals surface area contributed by atoms with E-state index >= 15 is 0 Å². The lowest BCUT2D eigenvalue weighted by Crippen LogP contribution is -2.25. The van der Waals surface area contributed by atoms with E-state index in [1.54, 1.807) is 4.57 Å². The summed E-state index contributed by atoms with van der Waals surface area (Å²) in [6.45, 7) is 0.576. The topological polar surface area (TPSA) is 39.8 Å². The summed E-state index contributed by atoms with van der Waals surface area (Å²) in [6.07, 6.45) is 6.90. The molecule has 0 saturated heterocycles. The maximum atomic E-state index is 13.4. The molecule has 4 nitrogen and oxygen atoms in total. The molecule has 0 bridgehead atoms. The average Bonchev–Trinajstić information content (AvgIpc) is 3.14. The van der Waals surface area contributed by atoms with Crippen molar-refractivity contribution in [2.45, 2.75) is 13.0 Å². The fourth-order valence-electron chi connectivity index (χ4n) is 4.11. The molecule has 0 aliphatic heterocycles. The van der Waals surface area contributed by atoms with Crippen LogP contribution in [0.15, 0.2) is 83.8 Å². The Kier molecular flexibility index (Phi) is 5.66. The van der Waals surface area contributed by atoms with E-state index in [2.05, 4.69) is 63.7 Å². The first-order valence-corrected chi connectivity index (χ1v) is 11.6. The van der Waals surface area contributed by atoms with E-state index in [4.69, 9.17) is 4.98 Å². The van der Waals surface area contributed by atoms with Gasteiger partial charge < -0.3 is 4.57 Å². The molecule has 3 aromatic carbocycles. The maximum Gasteiger partial charge on any atom is 0.261 e. The number of rotatable bonds is 5. The van der Waals surface area contributed by atoms with Crippen molar-refractivity contribution in [1.29, 1.82) is 0 Å². The third-order valence-corrected chi connectivity index (χ3v) is 6.42. The minimum atomic E-state index is 0.00187. The Labute approximate surface area is 200 Å². The lowest BCUT2D eigenvalue weighted by atomic mass is 10.1. The van der Waals surface area contributed by atoms with Crippen molar-refractivity contribution < 1.29 is 0 Å². The standard InChI is InChI=1S/C27H22IN3O/c1-30-18-20(22-9-5-6-10-25(22)30)11-14-26-29-24-13-12-21(28)17-23(24)27(32)31(26)16-15-19-7-3-2-4-8-19/h2-14,17-18H,15-16H2,1H3/b14-11+. The summed E-state index contributed by atoms with van der Waals surface area (Å²) in [6, 6.07) is 24.4. The van der Waals surface area contributed by atoms with Gasteiger partial charge in [-0.15, -0.1) is 0 Å². The SMILES string of the molecule is Cn1cc(/C=C/c2nc3ccc(I)cc3c(=O)n2CCc2ccccc2)c2ccccc21. The summed E-state index contributed by atoms with van der Waals surface area (Å²) in [5.41, 5.74) is 4.21. The minimum absolute atomic E-state index is 0.00187. The molecule has 2 aromatic heterocycles. The van der Waals surface area contributed by atoms with Gasteiger partial charge in [0.15, 0.2) is 0 Å². The van der Waals surface area contributed by atoms with Crippen LogP contribution >= 0.6 is 22.6 Å². The van der Waals surface area contributed by atoms with Crippen molar-refractivity contribution in [3.63, 3.8) is 0 Å². The van der Waals surface area contributed by atoms with E-state index in [0.717, 1.165) is 21.1 Å². The summed E-state index contributed by atoms with van der Waals surface area (Å²) in [5, 5.41) is 1.84. The lowest BCUT2D eigenvalue weighted by Gasteiger charge is -2.12. The summed E-state index contributed by atoms with van der Waals surface area (Å²) in [5.74, 6) is 0.674. The van der Waals surface area contributed by atoms with Gasteiger partial charge in [0.25, 0.3) is 5.56 Å². The molecule has 0 atom stereocenters.